The molecule has 0 aliphatic carbocycles. The van der Waals surface area contributed by atoms with Gasteiger partial charge in [0, 0.05) is 17.9 Å². The first-order valence-corrected chi connectivity index (χ1v) is 11.6. The molecule has 1 aliphatic rings. The largest absolute Gasteiger partial charge is 0.318 e. The molecule has 0 spiro atoms. The Morgan fingerprint density at radius 1 is 0.900 bits per heavy atom. The van der Waals surface area contributed by atoms with Crippen molar-refractivity contribution in [3.63, 3.8) is 0 Å². The highest BCUT2D eigenvalue weighted by Gasteiger charge is 2.30. The van der Waals surface area contributed by atoms with E-state index in [2.05, 4.69) is 10.6 Å². The molecule has 30 heavy (non-hydrogen) atoms. The van der Waals surface area contributed by atoms with E-state index in [9.17, 15) is 18.0 Å². The molecule has 7 nitrogen and oxygen atoms in total. The minimum atomic E-state index is -3.67. The number of para-hydroxylation sites is 1. The van der Waals surface area contributed by atoms with Gasteiger partial charge in [-0.05, 0) is 54.1 Å². The second-order valence-electron chi connectivity index (χ2n) is 6.73. The Bertz CT molecular complexity index is 1180. The van der Waals surface area contributed by atoms with Gasteiger partial charge >= 0.3 is 11.8 Å². The van der Waals surface area contributed by atoms with Gasteiger partial charge in [-0.25, -0.2) is 8.42 Å². The van der Waals surface area contributed by atoms with Crippen molar-refractivity contribution in [1.29, 1.82) is 0 Å². The summed E-state index contributed by atoms with van der Waals surface area (Å²) in [5.74, 6) is -1.63. The highest BCUT2D eigenvalue weighted by Crippen LogP contribution is 2.35. The molecule has 4 rings (SSSR count). The topological polar surface area (TPSA) is 95.6 Å². The van der Waals surface area contributed by atoms with Gasteiger partial charge in [0.1, 0.15) is 4.21 Å². The first-order valence-electron chi connectivity index (χ1n) is 9.32. The van der Waals surface area contributed by atoms with Gasteiger partial charge in [0.15, 0.2) is 0 Å². The average Bonchev–Trinajstić information content (AvgIpc) is 3.30. The number of carbonyl (C=O) groups is 2. The fourth-order valence-electron chi connectivity index (χ4n) is 3.28. The van der Waals surface area contributed by atoms with Crippen LogP contribution in [0, 0.1) is 0 Å². The molecule has 1 aromatic heterocycles. The SMILES string of the molecule is O=C(Nc1ccccc1)C(=O)Nc1ccc2c(c1)N(S(=O)(=O)c1cccs1)CCC2. The molecule has 2 amide bonds. The van der Waals surface area contributed by atoms with Crippen molar-refractivity contribution in [2.45, 2.75) is 17.1 Å². The number of nitrogens with zero attached hydrogens (tertiary/aromatic N) is 1. The van der Waals surface area contributed by atoms with Crippen LogP contribution in [0.1, 0.15) is 12.0 Å². The number of aryl methyl sites for hydroxylation is 1. The van der Waals surface area contributed by atoms with Gasteiger partial charge < -0.3 is 10.6 Å². The first kappa shape index (κ1) is 20.1. The summed E-state index contributed by atoms with van der Waals surface area (Å²) in [6.45, 7) is 0.360. The van der Waals surface area contributed by atoms with Crippen molar-refractivity contribution in [3.8, 4) is 0 Å². The third-order valence-corrected chi connectivity index (χ3v) is 7.88. The second-order valence-corrected chi connectivity index (χ2v) is 9.77. The molecule has 2 aromatic carbocycles. The van der Waals surface area contributed by atoms with Gasteiger partial charge in [0.05, 0.1) is 5.69 Å². The highest BCUT2D eigenvalue weighted by atomic mass is 32.2. The number of rotatable bonds is 4. The molecule has 0 saturated heterocycles. The molecule has 0 saturated carbocycles. The van der Waals surface area contributed by atoms with E-state index in [0.29, 0.717) is 30.0 Å². The molecule has 0 bridgehead atoms. The Labute approximate surface area is 178 Å². The van der Waals surface area contributed by atoms with Crippen molar-refractivity contribution in [2.24, 2.45) is 0 Å². The monoisotopic (exact) mass is 441 g/mol. The van der Waals surface area contributed by atoms with Crippen LogP contribution in [-0.4, -0.2) is 26.8 Å². The second kappa shape index (κ2) is 8.29. The zero-order chi connectivity index (χ0) is 21.1. The smallest absolute Gasteiger partial charge is 0.314 e. The summed E-state index contributed by atoms with van der Waals surface area (Å²) in [5.41, 5.74) is 2.27. The molecule has 0 atom stereocenters. The minimum Gasteiger partial charge on any atom is -0.318 e. The van der Waals surface area contributed by atoms with E-state index in [-0.39, 0.29) is 4.21 Å². The summed E-state index contributed by atoms with van der Waals surface area (Å²) in [6, 6.07) is 17.0. The predicted molar refractivity (Wildman–Crippen MR) is 117 cm³/mol. The molecular formula is C21H19N3O4S2. The normalized spacial score (nSPS) is 13.4. The van der Waals surface area contributed by atoms with Gasteiger partial charge in [0.2, 0.25) is 0 Å². The third-order valence-electron chi connectivity index (χ3n) is 4.70. The van der Waals surface area contributed by atoms with E-state index >= 15 is 0 Å². The fraction of sp³-hybridized carbons (Fsp3) is 0.143. The summed E-state index contributed by atoms with van der Waals surface area (Å²) >= 11 is 1.17. The number of hydrogen-bond donors (Lipinski definition) is 2. The van der Waals surface area contributed by atoms with E-state index in [4.69, 9.17) is 0 Å². The Balaban J connectivity index is 1.55. The number of thiophene rings is 1. The Hall–Kier alpha value is -3.17. The highest BCUT2D eigenvalue weighted by molar-refractivity contribution is 7.94. The van der Waals surface area contributed by atoms with Gasteiger partial charge in [-0.1, -0.05) is 30.3 Å². The summed E-state index contributed by atoms with van der Waals surface area (Å²) in [5, 5.41) is 6.79. The molecule has 154 valence electrons. The van der Waals surface area contributed by atoms with Crippen LogP contribution in [-0.2, 0) is 26.0 Å². The number of benzene rings is 2. The van der Waals surface area contributed by atoms with E-state index in [0.717, 1.165) is 12.0 Å². The third kappa shape index (κ3) is 4.07. The molecule has 0 fully saturated rings. The van der Waals surface area contributed by atoms with Crippen LogP contribution in [0.4, 0.5) is 17.1 Å². The van der Waals surface area contributed by atoms with Gasteiger partial charge in [-0.15, -0.1) is 11.3 Å². The predicted octanol–water partition coefficient (Wildman–Crippen LogP) is 3.47. The maximum absolute atomic E-state index is 13.0. The number of sulfonamides is 1. The molecule has 3 aromatic rings. The summed E-state index contributed by atoms with van der Waals surface area (Å²) in [7, 11) is -3.67. The summed E-state index contributed by atoms with van der Waals surface area (Å²) in [4.78, 5) is 24.5. The summed E-state index contributed by atoms with van der Waals surface area (Å²) in [6.07, 6.45) is 1.46. The number of hydrogen-bond acceptors (Lipinski definition) is 5. The molecule has 2 N–H and O–H groups in total. The van der Waals surface area contributed by atoms with Crippen LogP contribution in [0.15, 0.2) is 70.3 Å². The Morgan fingerprint density at radius 2 is 1.63 bits per heavy atom. The standard InChI is InChI=1S/C21H19N3O4S2/c25-20(22-16-7-2-1-3-8-16)21(26)23-17-11-10-15-6-4-12-24(18(15)14-17)30(27,28)19-9-5-13-29-19/h1-3,5,7-11,13-14H,4,6,12H2,(H,22,25)(H,23,26). The molecule has 9 heteroatoms. The zero-order valence-corrected chi connectivity index (χ0v) is 17.5. The van der Waals surface area contributed by atoms with E-state index in [1.54, 1.807) is 66.0 Å². The van der Waals surface area contributed by atoms with Crippen molar-refractivity contribution in [1.82, 2.24) is 0 Å². The lowest BCUT2D eigenvalue weighted by Crippen LogP contribution is -2.35. The van der Waals surface area contributed by atoms with Crippen LogP contribution in [0.25, 0.3) is 0 Å². The van der Waals surface area contributed by atoms with Crippen molar-refractivity contribution in [3.05, 3.63) is 71.6 Å². The van der Waals surface area contributed by atoms with Crippen LogP contribution >= 0.6 is 11.3 Å². The number of anilines is 3. The van der Waals surface area contributed by atoms with Crippen LogP contribution in [0.2, 0.25) is 0 Å². The zero-order valence-electron chi connectivity index (χ0n) is 15.9. The Kier molecular flexibility index (Phi) is 5.56. The fourth-order valence-corrected chi connectivity index (χ4v) is 5.92. The molecule has 2 heterocycles. The van der Waals surface area contributed by atoms with Gasteiger partial charge in [-0.3, -0.25) is 13.9 Å². The first-order chi connectivity index (χ1) is 14.4. The molecular weight excluding hydrogens is 422 g/mol. The van der Waals surface area contributed by atoms with Crippen LogP contribution < -0.4 is 14.9 Å². The maximum atomic E-state index is 13.0. The number of nitrogens with one attached hydrogen (secondary N) is 2. The van der Waals surface area contributed by atoms with Gasteiger partial charge in [-0.2, -0.15) is 0 Å². The van der Waals surface area contributed by atoms with E-state index in [1.807, 2.05) is 0 Å². The number of carbonyl (C=O) groups excluding carboxylic acids is 2. The number of amides is 2. The van der Waals surface area contributed by atoms with Crippen molar-refractivity contribution < 1.29 is 18.0 Å². The van der Waals surface area contributed by atoms with E-state index < -0.39 is 21.8 Å². The van der Waals surface area contributed by atoms with Crippen LogP contribution in [0.3, 0.4) is 0 Å². The quantitative estimate of drug-likeness (QED) is 0.606. The average molecular weight is 442 g/mol. The van der Waals surface area contributed by atoms with Gasteiger partial charge in [0.25, 0.3) is 10.0 Å². The lowest BCUT2D eigenvalue weighted by Gasteiger charge is -2.30. The lowest BCUT2D eigenvalue weighted by molar-refractivity contribution is -0.132. The molecule has 1 aliphatic heterocycles. The minimum absolute atomic E-state index is 0.270. The Morgan fingerprint density at radius 3 is 2.33 bits per heavy atom. The molecule has 0 radical (unpaired) electrons. The lowest BCUT2D eigenvalue weighted by atomic mass is 10.0. The number of fused-ring (bicyclic) bond motifs is 1. The van der Waals surface area contributed by atoms with Crippen molar-refractivity contribution in [2.75, 3.05) is 21.5 Å². The molecule has 0 unspecified atom stereocenters. The van der Waals surface area contributed by atoms with Crippen LogP contribution in [0.5, 0.6) is 0 Å². The maximum Gasteiger partial charge on any atom is 0.314 e. The summed E-state index contributed by atoms with van der Waals surface area (Å²) < 4.78 is 27.7. The van der Waals surface area contributed by atoms with E-state index in [1.165, 1.54) is 15.6 Å². The van der Waals surface area contributed by atoms with Crippen molar-refractivity contribution >= 4 is 50.2 Å².